The molecule has 1 saturated carbocycles. The van der Waals surface area contributed by atoms with Crippen LogP contribution in [0.15, 0.2) is 40.8 Å². The Morgan fingerprint density at radius 3 is 2.81 bits per heavy atom. The number of amides is 1. The van der Waals surface area contributed by atoms with Gasteiger partial charge in [-0.25, -0.2) is 0 Å². The highest BCUT2D eigenvalue weighted by Gasteiger charge is 2.27. The Balaban J connectivity index is 1.24. The molecule has 1 aliphatic carbocycles. The van der Waals surface area contributed by atoms with E-state index in [1.54, 1.807) is 12.3 Å². The van der Waals surface area contributed by atoms with E-state index in [9.17, 15) is 4.79 Å². The standard InChI is InChI=1S/C26H30N6O5/c1-16-13-17(7-8-27-16)24-29-20(15-35-24)23(33)28-19-14-21-22(30-25(19)36-18-5-3-2-4-6-18)31-26(37-21)32-9-11-34-12-10-32/h7-8,13-15,18,24,29H,2-6,9-12H2,1H3,(H,28,33). The van der Waals surface area contributed by atoms with Crippen LogP contribution in [0.3, 0.4) is 0 Å². The normalized spacial score (nSPS) is 20.3. The van der Waals surface area contributed by atoms with Gasteiger partial charge in [0, 0.05) is 36.6 Å². The van der Waals surface area contributed by atoms with Gasteiger partial charge in [0.15, 0.2) is 11.8 Å². The lowest BCUT2D eigenvalue weighted by atomic mass is 9.98. The molecule has 0 spiro atoms. The van der Waals surface area contributed by atoms with Crippen LogP contribution < -0.4 is 20.3 Å². The molecule has 0 aromatic carbocycles. The molecule has 5 heterocycles. The third-order valence-electron chi connectivity index (χ3n) is 6.77. The zero-order valence-electron chi connectivity index (χ0n) is 20.7. The maximum absolute atomic E-state index is 13.2. The second kappa shape index (κ2) is 10.3. The van der Waals surface area contributed by atoms with Crippen LogP contribution in [0.1, 0.15) is 49.6 Å². The average molecular weight is 507 g/mol. The zero-order valence-corrected chi connectivity index (χ0v) is 20.7. The number of fused-ring (bicyclic) bond motifs is 1. The van der Waals surface area contributed by atoms with Crippen LogP contribution in [0.25, 0.3) is 11.2 Å². The maximum Gasteiger partial charge on any atom is 0.300 e. The summed E-state index contributed by atoms with van der Waals surface area (Å²) >= 11 is 0. The highest BCUT2D eigenvalue weighted by Crippen LogP contribution is 2.33. The minimum absolute atomic E-state index is 0.0476. The van der Waals surface area contributed by atoms with Gasteiger partial charge >= 0.3 is 0 Å². The van der Waals surface area contributed by atoms with E-state index in [4.69, 9.17) is 18.6 Å². The maximum atomic E-state index is 13.2. The molecule has 194 valence electrons. The van der Waals surface area contributed by atoms with Gasteiger partial charge in [0.25, 0.3) is 11.9 Å². The number of hydrogen-bond acceptors (Lipinski definition) is 10. The van der Waals surface area contributed by atoms with Gasteiger partial charge in [-0.3, -0.25) is 9.78 Å². The second-order valence-electron chi connectivity index (χ2n) is 9.51. The Morgan fingerprint density at radius 1 is 1.16 bits per heavy atom. The molecule has 11 heteroatoms. The van der Waals surface area contributed by atoms with Crippen LogP contribution in [-0.2, 0) is 14.3 Å². The Morgan fingerprint density at radius 2 is 2.00 bits per heavy atom. The first-order valence-electron chi connectivity index (χ1n) is 12.8. The van der Waals surface area contributed by atoms with E-state index in [0.29, 0.717) is 60.8 Å². The highest BCUT2D eigenvalue weighted by molar-refractivity contribution is 6.04. The molecule has 1 saturated heterocycles. The van der Waals surface area contributed by atoms with Crippen molar-refractivity contribution in [2.45, 2.75) is 51.4 Å². The third kappa shape index (κ3) is 5.17. The second-order valence-corrected chi connectivity index (χ2v) is 9.51. The summed E-state index contributed by atoms with van der Waals surface area (Å²) in [6, 6.07) is 5.98. The van der Waals surface area contributed by atoms with E-state index in [1.165, 1.54) is 12.7 Å². The first-order chi connectivity index (χ1) is 18.1. The lowest BCUT2D eigenvalue weighted by Gasteiger charge is -2.24. The van der Waals surface area contributed by atoms with Gasteiger partial charge in [-0.2, -0.15) is 9.97 Å². The number of rotatable bonds is 6. The summed E-state index contributed by atoms with van der Waals surface area (Å²) in [5.41, 5.74) is 3.40. The van der Waals surface area contributed by atoms with Gasteiger partial charge in [-0.15, -0.1) is 0 Å². The number of oxazole rings is 1. The molecule has 1 amide bonds. The number of pyridine rings is 2. The van der Waals surface area contributed by atoms with Crippen molar-refractivity contribution in [3.63, 3.8) is 0 Å². The number of aryl methyl sites for hydroxylation is 1. The summed E-state index contributed by atoms with van der Waals surface area (Å²) in [5.74, 6) is -0.0220. The number of nitrogens with one attached hydrogen (secondary N) is 2. The summed E-state index contributed by atoms with van der Waals surface area (Å²) in [5, 5.41) is 6.06. The van der Waals surface area contributed by atoms with Crippen molar-refractivity contribution < 1.29 is 23.4 Å². The number of ether oxygens (including phenoxy) is 3. The molecule has 11 nitrogen and oxygen atoms in total. The van der Waals surface area contributed by atoms with Gasteiger partial charge in [0.1, 0.15) is 23.8 Å². The third-order valence-corrected chi connectivity index (χ3v) is 6.77. The molecule has 0 bridgehead atoms. The molecule has 2 fully saturated rings. The van der Waals surface area contributed by atoms with E-state index < -0.39 is 6.23 Å². The van der Waals surface area contributed by atoms with E-state index in [2.05, 4.69) is 25.6 Å². The number of morpholine rings is 1. The summed E-state index contributed by atoms with van der Waals surface area (Å²) < 4.78 is 23.5. The van der Waals surface area contributed by atoms with Crippen molar-refractivity contribution in [2.75, 3.05) is 36.5 Å². The number of hydrogen-bond donors (Lipinski definition) is 2. The van der Waals surface area contributed by atoms with E-state index >= 15 is 0 Å². The number of aromatic nitrogens is 3. The number of carbonyl (C=O) groups excluding carboxylic acids is 1. The van der Waals surface area contributed by atoms with Crippen molar-refractivity contribution in [2.24, 2.45) is 0 Å². The Kier molecular flexibility index (Phi) is 6.52. The molecular formula is C26H30N6O5. The molecule has 2 N–H and O–H groups in total. The van der Waals surface area contributed by atoms with Crippen molar-refractivity contribution in [1.29, 1.82) is 0 Å². The first kappa shape index (κ1) is 23.5. The van der Waals surface area contributed by atoms with Crippen molar-refractivity contribution >= 4 is 28.8 Å². The molecule has 3 aromatic heterocycles. The first-order valence-corrected chi connectivity index (χ1v) is 12.8. The Hall–Kier alpha value is -3.86. The number of anilines is 2. The Bertz CT molecular complexity index is 1310. The fraction of sp³-hybridized carbons (Fsp3) is 0.462. The fourth-order valence-corrected chi connectivity index (χ4v) is 4.79. The monoisotopic (exact) mass is 506 g/mol. The van der Waals surface area contributed by atoms with Crippen molar-refractivity contribution in [3.05, 3.63) is 47.6 Å². The van der Waals surface area contributed by atoms with Crippen LogP contribution in [0.4, 0.5) is 11.7 Å². The van der Waals surface area contributed by atoms with Gasteiger partial charge in [0.2, 0.25) is 11.5 Å². The summed E-state index contributed by atoms with van der Waals surface area (Å²) in [6.45, 7) is 4.53. The van der Waals surface area contributed by atoms with Crippen LogP contribution in [0.2, 0.25) is 0 Å². The fourth-order valence-electron chi connectivity index (χ4n) is 4.79. The zero-order chi connectivity index (χ0) is 25.2. The predicted molar refractivity (Wildman–Crippen MR) is 135 cm³/mol. The summed E-state index contributed by atoms with van der Waals surface area (Å²) in [6.07, 6.45) is 8.07. The Labute approximate surface area is 214 Å². The van der Waals surface area contributed by atoms with Gasteiger partial charge in [-0.05, 0) is 44.7 Å². The summed E-state index contributed by atoms with van der Waals surface area (Å²) in [4.78, 5) is 28.7. The molecule has 37 heavy (non-hydrogen) atoms. The van der Waals surface area contributed by atoms with Gasteiger partial charge < -0.3 is 34.2 Å². The van der Waals surface area contributed by atoms with E-state index in [0.717, 1.165) is 36.9 Å². The molecule has 0 radical (unpaired) electrons. The quantitative estimate of drug-likeness (QED) is 0.513. The van der Waals surface area contributed by atoms with Gasteiger partial charge in [-0.1, -0.05) is 6.42 Å². The number of carbonyl (C=O) groups is 1. The van der Waals surface area contributed by atoms with Crippen LogP contribution in [0, 0.1) is 6.92 Å². The molecular weight excluding hydrogens is 476 g/mol. The van der Waals surface area contributed by atoms with Crippen LogP contribution >= 0.6 is 0 Å². The topological polar surface area (TPSA) is 124 Å². The van der Waals surface area contributed by atoms with Gasteiger partial charge in [0.05, 0.1) is 13.2 Å². The molecule has 2 aliphatic heterocycles. The summed E-state index contributed by atoms with van der Waals surface area (Å²) in [7, 11) is 0. The smallest absolute Gasteiger partial charge is 0.300 e. The predicted octanol–water partition coefficient (Wildman–Crippen LogP) is 3.57. The minimum Gasteiger partial charge on any atom is -0.473 e. The van der Waals surface area contributed by atoms with E-state index in [-0.39, 0.29) is 12.0 Å². The average Bonchev–Trinajstić information content (AvgIpc) is 3.58. The van der Waals surface area contributed by atoms with Crippen LogP contribution in [0.5, 0.6) is 5.88 Å². The minimum atomic E-state index is -0.466. The van der Waals surface area contributed by atoms with E-state index in [1.807, 2.05) is 24.0 Å². The molecule has 3 aromatic rings. The SMILES string of the molecule is Cc1cc(C2NC(C(=O)Nc3cc4oc(N5CCOCC5)nc4nc3OC3CCCCC3)=CO2)ccn1. The lowest BCUT2D eigenvalue weighted by Crippen LogP contribution is -2.36. The van der Waals surface area contributed by atoms with Crippen molar-refractivity contribution in [1.82, 2.24) is 20.3 Å². The largest absolute Gasteiger partial charge is 0.473 e. The highest BCUT2D eigenvalue weighted by atomic mass is 16.5. The number of nitrogens with zero attached hydrogens (tertiary/aromatic N) is 4. The van der Waals surface area contributed by atoms with Crippen molar-refractivity contribution in [3.8, 4) is 5.88 Å². The molecule has 1 atom stereocenters. The van der Waals surface area contributed by atoms with Crippen LogP contribution in [-0.4, -0.2) is 53.3 Å². The molecule has 6 rings (SSSR count). The lowest BCUT2D eigenvalue weighted by molar-refractivity contribution is -0.113. The molecule has 3 aliphatic rings. The molecule has 1 unspecified atom stereocenters.